The van der Waals surface area contributed by atoms with Crippen molar-refractivity contribution in [3.8, 4) is 28.0 Å². The van der Waals surface area contributed by atoms with Gasteiger partial charge in [0.1, 0.15) is 11.6 Å². The third kappa shape index (κ3) is 5.15. The Morgan fingerprint density at radius 1 is 0.944 bits per heavy atom. The zero-order valence-electron chi connectivity index (χ0n) is 20.8. The number of halogens is 1. The highest BCUT2D eigenvalue weighted by Crippen LogP contribution is 2.44. The minimum atomic E-state index is -0.442. The second kappa shape index (κ2) is 9.94. The van der Waals surface area contributed by atoms with Crippen LogP contribution in [0.4, 0.5) is 4.39 Å². The average Bonchev–Trinajstić information content (AvgIpc) is 3.72. The van der Waals surface area contributed by atoms with E-state index in [1.165, 1.54) is 24.5 Å². The SMILES string of the molecule is COc1ccc(CNC(=O)c2cc(-c3cc(C)cc(C)c3)ccc2-c2cncc(F)c2)cc1C1CC1. The second-order valence-corrected chi connectivity index (χ2v) is 9.56. The average molecular weight is 481 g/mol. The Labute approximate surface area is 211 Å². The first-order valence-electron chi connectivity index (χ1n) is 12.2. The molecule has 1 amide bonds. The molecule has 4 nitrogen and oxygen atoms in total. The first-order valence-corrected chi connectivity index (χ1v) is 12.2. The molecule has 4 aromatic rings. The topological polar surface area (TPSA) is 51.2 Å². The largest absolute Gasteiger partial charge is 0.496 e. The third-order valence-electron chi connectivity index (χ3n) is 6.60. The van der Waals surface area contributed by atoms with Crippen molar-refractivity contribution in [3.05, 3.63) is 107 Å². The van der Waals surface area contributed by atoms with E-state index in [0.29, 0.717) is 29.2 Å². The molecule has 0 aliphatic heterocycles. The van der Waals surface area contributed by atoms with E-state index in [4.69, 9.17) is 4.74 Å². The standard InChI is InChI=1S/C31H29FN2O2/c1-19-10-20(2)12-24(11-19)23-7-8-27(25-14-26(32)18-33-17-25)29(15-23)31(35)34-16-21-4-9-30(36-3)28(13-21)22-5-6-22/h4,7-15,17-18,22H,5-6,16H2,1-3H3,(H,34,35). The Hall–Kier alpha value is -3.99. The zero-order chi connectivity index (χ0) is 25.2. The fraction of sp³-hybridized carbons (Fsp3) is 0.226. The van der Waals surface area contributed by atoms with Crippen molar-refractivity contribution in [2.75, 3.05) is 7.11 Å². The first-order chi connectivity index (χ1) is 17.4. The Balaban J connectivity index is 1.48. The Morgan fingerprint density at radius 3 is 2.42 bits per heavy atom. The minimum Gasteiger partial charge on any atom is -0.496 e. The van der Waals surface area contributed by atoms with E-state index in [1.54, 1.807) is 13.3 Å². The van der Waals surface area contributed by atoms with Crippen molar-refractivity contribution in [3.63, 3.8) is 0 Å². The van der Waals surface area contributed by atoms with Gasteiger partial charge in [0.05, 0.1) is 13.3 Å². The summed E-state index contributed by atoms with van der Waals surface area (Å²) in [6.07, 6.45) is 5.08. The number of pyridine rings is 1. The minimum absolute atomic E-state index is 0.218. The smallest absolute Gasteiger partial charge is 0.252 e. The summed E-state index contributed by atoms with van der Waals surface area (Å²) in [5, 5.41) is 3.07. The van der Waals surface area contributed by atoms with Crippen LogP contribution in [0.5, 0.6) is 5.75 Å². The van der Waals surface area contributed by atoms with Gasteiger partial charge in [-0.2, -0.15) is 0 Å². The normalized spacial score (nSPS) is 12.9. The Morgan fingerprint density at radius 2 is 1.72 bits per heavy atom. The fourth-order valence-corrected chi connectivity index (χ4v) is 4.75. The van der Waals surface area contributed by atoms with Crippen LogP contribution in [0.1, 0.15) is 51.4 Å². The number of rotatable bonds is 7. The molecule has 1 saturated carbocycles. The molecule has 1 N–H and O–H groups in total. The molecule has 0 unspecified atom stereocenters. The van der Waals surface area contributed by atoms with E-state index in [9.17, 15) is 9.18 Å². The van der Waals surface area contributed by atoms with Crippen LogP contribution >= 0.6 is 0 Å². The van der Waals surface area contributed by atoms with Gasteiger partial charge in [-0.1, -0.05) is 53.6 Å². The molecule has 1 aromatic heterocycles. The van der Waals surface area contributed by atoms with Gasteiger partial charge in [0, 0.05) is 23.9 Å². The number of nitrogens with one attached hydrogen (secondary N) is 1. The van der Waals surface area contributed by atoms with Gasteiger partial charge in [-0.3, -0.25) is 9.78 Å². The van der Waals surface area contributed by atoms with Crippen molar-refractivity contribution >= 4 is 5.91 Å². The number of benzene rings is 3. The van der Waals surface area contributed by atoms with E-state index in [-0.39, 0.29) is 5.91 Å². The van der Waals surface area contributed by atoms with Crippen molar-refractivity contribution in [2.45, 2.75) is 39.2 Å². The maximum Gasteiger partial charge on any atom is 0.252 e. The van der Waals surface area contributed by atoms with Gasteiger partial charge < -0.3 is 10.1 Å². The third-order valence-corrected chi connectivity index (χ3v) is 6.60. The number of amides is 1. The van der Waals surface area contributed by atoms with Crippen LogP contribution < -0.4 is 10.1 Å². The molecule has 0 radical (unpaired) electrons. The predicted octanol–water partition coefficient (Wildman–Crippen LogP) is 6.99. The molecule has 1 fully saturated rings. The monoisotopic (exact) mass is 480 g/mol. The quantitative estimate of drug-likeness (QED) is 0.310. The highest BCUT2D eigenvalue weighted by molar-refractivity contribution is 6.02. The second-order valence-electron chi connectivity index (χ2n) is 9.56. The molecular weight excluding hydrogens is 451 g/mol. The maximum atomic E-state index is 14.0. The lowest BCUT2D eigenvalue weighted by molar-refractivity contribution is 0.0951. The summed E-state index contributed by atoms with van der Waals surface area (Å²) >= 11 is 0. The lowest BCUT2D eigenvalue weighted by atomic mass is 9.93. The van der Waals surface area contributed by atoms with Crippen molar-refractivity contribution in [1.29, 1.82) is 0 Å². The highest BCUT2D eigenvalue weighted by atomic mass is 19.1. The highest BCUT2D eigenvalue weighted by Gasteiger charge is 2.27. The molecule has 0 saturated heterocycles. The lowest BCUT2D eigenvalue weighted by Crippen LogP contribution is -2.23. The number of carbonyl (C=O) groups excluding carboxylic acids is 1. The molecule has 1 heterocycles. The predicted molar refractivity (Wildman–Crippen MR) is 141 cm³/mol. The van der Waals surface area contributed by atoms with Gasteiger partial charge in [-0.05, 0) is 78.6 Å². The fourth-order valence-electron chi connectivity index (χ4n) is 4.75. The van der Waals surface area contributed by atoms with Gasteiger partial charge in [-0.25, -0.2) is 4.39 Å². The molecular formula is C31H29FN2O2. The van der Waals surface area contributed by atoms with Crippen LogP contribution in [0.15, 0.2) is 73.1 Å². The molecule has 1 aliphatic carbocycles. The Kier molecular flexibility index (Phi) is 6.55. The van der Waals surface area contributed by atoms with Crippen molar-refractivity contribution < 1.29 is 13.9 Å². The van der Waals surface area contributed by atoms with Gasteiger partial charge in [0.15, 0.2) is 0 Å². The van der Waals surface area contributed by atoms with E-state index in [2.05, 4.69) is 48.4 Å². The summed E-state index contributed by atoms with van der Waals surface area (Å²) in [4.78, 5) is 17.5. The number of hydrogen-bond acceptors (Lipinski definition) is 3. The van der Waals surface area contributed by atoms with Gasteiger partial charge >= 0.3 is 0 Å². The van der Waals surface area contributed by atoms with Crippen LogP contribution in [0.2, 0.25) is 0 Å². The summed E-state index contributed by atoms with van der Waals surface area (Å²) in [5.74, 6) is 0.777. The Bertz CT molecular complexity index is 1420. The zero-order valence-corrected chi connectivity index (χ0v) is 20.8. The summed E-state index contributed by atoms with van der Waals surface area (Å²) in [5.41, 5.74) is 8.18. The lowest BCUT2D eigenvalue weighted by Gasteiger charge is -2.14. The summed E-state index contributed by atoms with van der Waals surface area (Å²) < 4.78 is 19.5. The summed E-state index contributed by atoms with van der Waals surface area (Å²) in [6, 6.07) is 19.5. The van der Waals surface area contributed by atoms with Gasteiger partial charge in [0.25, 0.3) is 5.91 Å². The number of carbonyl (C=O) groups is 1. The van der Waals surface area contributed by atoms with Gasteiger partial charge in [0.2, 0.25) is 0 Å². The molecule has 3 aromatic carbocycles. The van der Waals surface area contributed by atoms with Crippen LogP contribution in [0.25, 0.3) is 22.3 Å². The first kappa shape index (κ1) is 23.7. The van der Waals surface area contributed by atoms with E-state index >= 15 is 0 Å². The number of methoxy groups -OCH3 is 1. The molecule has 182 valence electrons. The maximum absolute atomic E-state index is 14.0. The summed E-state index contributed by atoms with van der Waals surface area (Å²) in [7, 11) is 1.69. The number of hydrogen-bond donors (Lipinski definition) is 1. The number of ether oxygens (including phenoxy) is 1. The number of aryl methyl sites for hydroxylation is 2. The number of nitrogens with zero attached hydrogens (tertiary/aromatic N) is 1. The van der Waals surface area contributed by atoms with Crippen LogP contribution in [0, 0.1) is 19.7 Å². The molecule has 5 rings (SSSR count). The van der Waals surface area contributed by atoms with Crippen LogP contribution in [-0.2, 0) is 6.54 Å². The molecule has 1 aliphatic rings. The molecule has 5 heteroatoms. The van der Waals surface area contributed by atoms with E-state index in [1.807, 2.05) is 30.3 Å². The van der Waals surface area contributed by atoms with Gasteiger partial charge in [-0.15, -0.1) is 0 Å². The van der Waals surface area contributed by atoms with Crippen molar-refractivity contribution in [2.24, 2.45) is 0 Å². The van der Waals surface area contributed by atoms with Crippen LogP contribution in [-0.4, -0.2) is 18.0 Å². The van der Waals surface area contributed by atoms with Crippen molar-refractivity contribution in [1.82, 2.24) is 10.3 Å². The summed E-state index contributed by atoms with van der Waals surface area (Å²) in [6.45, 7) is 4.50. The van der Waals surface area contributed by atoms with Crippen LogP contribution in [0.3, 0.4) is 0 Å². The number of aromatic nitrogens is 1. The molecule has 0 atom stereocenters. The van der Waals surface area contributed by atoms with E-state index < -0.39 is 5.82 Å². The van der Waals surface area contributed by atoms with E-state index in [0.717, 1.165) is 39.8 Å². The molecule has 0 spiro atoms. The molecule has 0 bridgehead atoms. The molecule has 36 heavy (non-hydrogen) atoms.